The molecule has 1 aliphatic heterocycles. The molecule has 39 heavy (non-hydrogen) atoms. The molecule has 3 atom stereocenters. The number of ether oxygens (including phenoxy) is 1. The second-order valence-corrected chi connectivity index (χ2v) is 8.80. The normalized spacial score (nSPS) is 18.9. The van der Waals surface area contributed by atoms with E-state index in [1.165, 1.54) is 12.1 Å². The average Bonchev–Trinajstić information content (AvgIpc) is 2.92. The highest BCUT2D eigenvalue weighted by molar-refractivity contribution is 5.33. The first kappa shape index (κ1) is 34.8. The number of alkyl halides is 7. The Hall–Kier alpha value is -2.20. The summed E-state index contributed by atoms with van der Waals surface area (Å²) in [6, 6.07) is 6.75. The Bertz CT molecular complexity index is 927. The van der Waals surface area contributed by atoms with Crippen LogP contribution in [0.1, 0.15) is 82.1 Å². The van der Waals surface area contributed by atoms with Crippen molar-refractivity contribution in [3.63, 3.8) is 0 Å². The van der Waals surface area contributed by atoms with E-state index in [9.17, 15) is 35.1 Å². The second-order valence-electron chi connectivity index (χ2n) is 8.80. The van der Waals surface area contributed by atoms with Crippen LogP contribution in [0.3, 0.4) is 0 Å². The van der Waals surface area contributed by atoms with Crippen molar-refractivity contribution in [1.82, 2.24) is 4.90 Å². The third-order valence-electron chi connectivity index (χ3n) is 6.31. The fourth-order valence-electron chi connectivity index (χ4n) is 4.51. The fraction of sp³-hybridized carbons (Fsp3) is 0.586. The lowest BCUT2D eigenvalue weighted by Crippen LogP contribution is -2.48. The molecule has 0 saturated carbocycles. The topological polar surface area (TPSA) is 12.5 Å². The monoisotopic (exact) mass is 569 g/mol. The van der Waals surface area contributed by atoms with E-state index in [2.05, 4.69) is 0 Å². The van der Waals surface area contributed by atoms with Crippen molar-refractivity contribution >= 4 is 0 Å². The van der Waals surface area contributed by atoms with Gasteiger partial charge in [0.25, 0.3) is 0 Å². The van der Waals surface area contributed by atoms with Crippen LogP contribution in [0.25, 0.3) is 0 Å². The molecule has 1 saturated heterocycles. The molecule has 1 aliphatic rings. The summed E-state index contributed by atoms with van der Waals surface area (Å²) in [6.45, 7) is 9.78. The van der Waals surface area contributed by atoms with Crippen LogP contribution in [0, 0.1) is 5.82 Å². The van der Waals surface area contributed by atoms with Gasteiger partial charge in [-0.1, -0.05) is 53.2 Å². The zero-order chi connectivity index (χ0) is 29.8. The number of benzene rings is 2. The van der Waals surface area contributed by atoms with Crippen molar-refractivity contribution in [2.24, 2.45) is 0 Å². The highest BCUT2D eigenvalue weighted by Gasteiger charge is 2.38. The molecule has 0 aromatic heterocycles. The minimum atomic E-state index is -4.95. The van der Waals surface area contributed by atoms with Gasteiger partial charge in [0.05, 0.1) is 23.8 Å². The lowest BCUT2D eigenvalue weighted by atomic mass is 9.86. The van der Waals surface area contributed by atoms with Gasteiger partial charge in [-0.25, -0.2) is 8.78 Å². The quantitative estimate of drug-likeness (QED) is 0.294. The van der Waals surface area contributed by atoms with E-state index in [1.807, 2.05) is 39.5 Å². The van der Waals surface area contributed by atoms with Gasteiger partial charge in [0.1, 0.15) is 12.5 Å². The predicted molar refractivity (Wildman–Crippen MR) is 138 cm³/mol. The average molecular weight is 570 g/mol. The highest BCUT2D eigenvalue weighted by Crippen LogP contribution is 2.37. The predicted octanol–water partition coefficient (Wildman–Crippen LogP) is 9.43. The van der Waals surface area contributed by atoms with Crippen LogP contribution < -0.4 is 0 Å². The van der Waals surface area contributed by atoms with Crippen LogP contribution in [0.2, 0.25) is 0 Å². The SMILES string of the molecule is CC.CC.CCCC(CF)N1CC[C@H](OCc2cc(C(F)(F)F)cc(C(F)(F)F)c2)C(c2ccc(F)cc2)C1. The van der Waals surface area contributed by atoms with E-state index in [1.54, 1.807) is 12.1 Å². The molecule has 0 amide bonds. The summed E-state index contributed by atoms with van der Waals surface area (Å²) in [6.07, 6.45) is -8.63. The zero-order valence-electron chi connectivity index (χ0n) is 23.1. The molecule has 10 heteroatoms. The van der Waals surface area contributed by atoms with E-state index in [0.717, 1.165) is 6.42 Å². The van der Waals surface area contributed by atoms with Crippen molar-refractivity contribution in [3.8, 4) is 0 Å². The van der Waals surface area contributed by atoms with Crippen molar-refractivity contribution in [2.75, 3.05) is 19.8 Å². The van der Waals surface area contributed by atoms with Crippen LogP contribution in [0.4, 0.5) is 35.1 Å². The summed E-state index contributed by atoms with van der Waals surface area (Å²) < 4.78 is 112. The molecule has 2 nitrogen and oxygen atoms in total. The van der Waals surface area contributed by atoms with Crippen molar-refractivity contribution < 1.29 is 39.9 Å². The number of piperidine rings is 1. The molecular formula is C29H39F8NO. The van der Waals surface area contributed by atoms with Crippen LogP contribution in [-0.4, -0.2) is 36.8 Å². The van der Waals surface area contributed by atoms with Gasteiger partial charge in [0, 0.05) is 25.0 Å². The third kappa shape index (κ3) is 10.4. The maximum Gasteiger partial charge on any atom is 0.416 e. The zero-order valence-corrected chi connectivity index (χ0v) is 23.1. The Morgan fingerprint density at radius 1 is 0.897 bits per heavy atom. The summed E-state index contributed by atoms with van der Waals surface area (Å²) in [5.74, 6) is -0.807. The summed E-state index contributed by atoms with van der Waals surface area (Å²) in [5.41, 5.74) is -2.35. The van der Waals surface area contributed by atoms with Crippen molar-refractivity contribution in [1.29, 1.82) is 0 Å². The molecule has 0 aliphatic carbocycles. The standard InChI is InChI=1S/C25H27F8NO.2C2H6/c1-2-3-21(13-26)34-9-8-23(22(14-34)17-4-6-20(27)7-5-17)35-15-16-10-18(24(28,29)30)12-19(11-16)25(31,32)33;2*1-2/h4-7,10-12,21-23H,2-3,8-9,13-15H2,1H3;2*1-2H3/t21?,22?,23-;;/m0../s1. The molecular weight excluding hydrogens is 530 g/mol. The molecule has 3 rings (SSSR count). The first-order valence-electron chi connectivity index (χ1n) is 13.4. The second kappa shape index (κ2) is 16.2. The smallest absolute Gasteiger partial charge is 0.373 e. The molecule has 2 aromatic carbocycles. The Kier molecular flexibility index (Phi) is 14.4. The Morgan fingerprint density at radius 3 is 1.90 bits per heavy atom. The number of likely N-dealkylation sites (tertiary alicyclic amines) is 1. The number of hydrogen-bond donors (Lipinski definition) is 0. The van der Waals surface area contributed by atoms with E-state index in [-0.39, 0.29) is 23.6 Å². The maximum absolute atomic E-state index is 13.6. The van der Waals surface area contributed by atoms with Crippen molar-refractivity contribution in [2.45, 2.75) is 90.9 Å². The largest absolute Gasteiger partial charge is 0.416 e. The molecule has 2 aromatic rings. The van der Waals surface area contributed by atoms with Gasteiger partial charge >= 0.3 is 12.4 Å². The number of halogens is 8. The molecule has 2 unspecified atom stereocenters. The maximum atomic E-state index is 13.6. The van der Waals surface area contributed by atoms with Crippen LogP contribution in [-0.2, 0) is 23.7 Å². The summed E-state index contributed by atoms with van der Waals surface area (Å²) in [5, 5.41) is 0. The molecule has 0 spiro atoms. The van der Waals surface area contributed by atoms with Crippen molar-refractivity contribution in [3.05, 3.63) is 70.5 Å². The molecule has 0 radical (unpaired) electrons. The molecule has 1 heterocycles. The van der Waals surface area contributed by atoms with Gasteiger partial charge in [-0.05, 0) is 54.3 Å². The Morgan fingerprint density at radius 2 is 1.44 bits per heavy atom. The number of nitrogens with zero attached hydrogens (tertiary/aromatic N) is 1. The highest BCUT2D eigenvalue weighted by atomic mass is 19.4. The molecule has 1 fully saturated rings. The van der Waals surface area contributed by atoms with Gasteiger partial charge in [0.15, 0.2) is 0 Å². The van der Waals surface area contributed by atoms with E-state index in [0.29, 0.717) is 43.6 Å². The summed E-state index contributed by atoms with van der Waals surface area (Å²) in [7, 11) is 0. The molecule has 222 valence electrons. The Labute approximate surface area is 226 Å². The summed E-state index contributed by atoms with van der Waals surface area (Å²) in [4.78, 5) is 1.98. The molecule has 0 N–H and O–H groups in total. The van der Waals surface area contributed by atoms with Gasteiger partial charge < -0.3 is 4.74 Å². The lowest BCUT2D eigenvalue weighted by Gasteiger charge is -2.41. The first-order valence-corrected chi connectivity index (χ1v) is 13.4. The third-order valence-corrected chi connectivity index (χ3v) is 6.31. The minimum absolute atomic E-state index is 0.0775. The van der Waals surface area contributed by atoms with Crippen LogP contribution >= 0.6 is 0 Å². The number of hydrogen-bond acceptors (Lipinski definition) is 2. The van der Waals surface area contributed by atoms with E-state index in [4.69, 9.17) is 4.74 Å². The lowest BCUT2D eigenvalue weighted by molar-refractivity contribution is -0.143. The Balaban J connectivity index is 0.00000181. The van der Waals surface area contributed by atoms with Gasteiger partial charge in [-0.15, -0.1) is 0 Å². The minimum Gasteiger partial charge on any atom is -0.373 e. The summed E-state index contributed by atoms with van der Waals surface area (Å²) >= 11 is 0. The van der Waals surface area contributed by atoms with Gasteiger partial charge in [-0.2, -0.15) is 26.3 Å². The van der Waals surface area contributed by atoms with Gasteiger partial charge in [-0.3, -0.25) is 4.90 Å². The molecule has 0 bridgehead atoms. The number of rotatable bonds is 8. The van der Waals surface area contributed by atoms with E-state index >= 15 is 0 Å². The van der Waals surface area contributed by atoms with Gasteiger partial charge in [0.2, 0.25) is 0 Å². The van der Waals surface area contributed by atoms with Crippen LogP contribution in [0.15, 0.2) is 42.5 Å². The first-order chi connectivity index (χ1) is 18.4. The van der Waals surface area contributed by atoms with Crippen LogP contribution in [0.5, 0.6) is 0 Å². The van der Waals surface area contributed by atoms with E-state index < -0.39 is 48.7 Å². The fourth-order valence-corrected chi connectivity index (χ4v) is 4.51.